The minimum Gasteiger partial charge on any atom is -0.396 e. The molecule has 1 aliphatic carbocycles. The molecule has 0 amide bonds. The molecule has 1 aromatic heterocycles. The van der Waals surface area contributed by atoms with Crippen molar-refractivity contribution >= 4 is 5.69 Å². The Morgan fingerprint density at radius 1 is 1.29 bits per heavy atom. The van der Waals surface area contributed by atoms with E-state index in [2.05, 4.69) is 5.10 Å². The Morgan fingerprint density at radius 2 is 2.06 bits per heavy atom. The summed E-state index contributed by atoms with van der Waals surface area (Å²) in [4.78, 5) is 0. The summed E-state index contributed by atoms with van der Waals surface area (Å²) in [6.45, 7) is 0. The van der Waals surface area contributed by atoms with Crippen LogP contribution in [0.25, 0.3) is 5.69 Å². The molecular weight excluding hydrogens is 224 g/mol. The fourth-order valence-corrected chi connectivity index (χ4v) is 1.98. The molecule has 1 heterocycles. The molecule has 5 heteroatoms. The number of nitrogens with two attached hydrogens (primary N) is 1. The maximum absolute atomic E-state index is 13.7. The van der Waals surface area contributed by atoms with Gasteiger partial charge in [-0.05, 0) is 25.0 Å². The van der Waals surface area contributed by atoms with Crippen molar-refractivity contribution in [2.75, 3.05) is 5.73 Å². The van der Waals surface area contributed by atoms with Gasteiger partial charge < -0.3 is 5.73 Å². The van der Waals surface area contributed by atoms with Crippen LogP contribution < -0.4 is 5.73 Å². The standard InChI is InChI=1S/C12H11F2N3/c13-8-3-4-11(9(14)5-8)17-12(7-1-2-7)10(15)6-16-17/h3-7H,1-2,15H2. The van der Waals surface area contributed by atoms with Crippen molar-refractivity contribution in [2.24, 2.45) is 0 Å². The normalized spacial score (nSPS) is 15.2. The molecule has 0 spiro atoms. The van der Waals surface area contributed by atoms with Crippen LogP contribution in [0.1, 0.15) is 24.5 Å². The highest BCUT2D eigenvalue weighted by atomic mass is 19.1. The van der Waals surface area contributed by atoms with E-state index >= 15 is 0 Å². The summed E-state index contributed by atoms with van der Waals surface area (Å²) in [6.07, 6.45) is 3.59. The second kappa shape index (κ2) is 3.55. The number of hydrogen-bond donors (Lipinski definition) is 1. The highest BCUT2D eigenvalue weighted by molar-refractivity contribution is 5.49. The van der Waals surface area contributed by atoms with E-state index < -0.39 is 11.6 Å². The zero-order valence-corrected chi connectivity index (χ0v) is 9.03. The van der Waals surface area contributed by atoms with Gasteiger partial charge in [0.2, 0.25) is 0 Å². The number of rotatable bonds is 2. The quantitative estimate of drug-likeness (QED) is 0.869. The first-order valence-electron chi connectivity index (χ1n) is 5.45. The Morgan fingerprint density at radius 3 is 2.71 bits per heavy atom. The van der Waals surface area contributed by atoms with Crippen LogP contribution in [0.4, 0.5) is 14.5 Å². The van der Waals surface area contributed by atoms with Crippen LogP contribution >= 0.6 is 0 Å². The van der Waals surface area contributed by atoms with Crippen molar-refractivity contribution in [1.82, 2.24) is 9.78 Å². The number of benzene rings is 1. The van der Waals surface area contributed by atoms with Crippen LogP contribution in [0.2, 0.25) is 0 Å². The predicted octanol–water partition coefficient (Wildman–Crippen LogP) is 2.61. The van der Waals surface area contributed by atoms with Crippen LogP contribution in [-0.4, -0.2) is 9.78 Å². The van der Waals surface area contributed by atoms with Crippen LogP contribution in [0, 0.1) is 11.6 Å². The Hall–Kier alpha value is -1.91. The number of halogens is 2. The van der Waals surface area contributed by atoms with E-state index in [1.165, 1.54) is 23.0 Å². The van der Waals surface area contributed by atoms with Gasteiger partial charge in [0.25, 0.3) is 0 Å². The zero-order chi connectivity index (χ0) is 12.0. The molecule has 3 nitrogen and oxygen atoms in total. The second-order valence-electron chi connectivity index (χ2n) is 4.27. The molecule has 1 aliphatic rings. The molecule has 0 unspecified atom stereocenters. The lowest BCUT2D eigenvalue weighted by atomic mass is 10.2. The van der Waals surface area contributed by atoms with E-state index in [-0.39, 0.29) is 5.69 Å². The van der Waals surface area contributed by atoms with Crippen molar-refractivity contribution in [1.29, 1.82) is 0 Å². The van der Waals surface area contributed by atoms with E-state index in [4.69, 9.17) is 5.73 Å². The van der Waals surface area contributed by atoms with E-state index in [0.717, 1.165) is 24.6 Å². The molecule has 2 N–H and O–H groups in total. The first-order valence-corrected chi connectivity index (χ1v) is 5.45. The van der Waals surface area contributed by atoms with E-state index in [1.54, 1.807) is 0 Å². The molecular formula is C12H11F2N3. The van der Waals surface area contributed by atoms with Crippen molar-refractivity contribution in [3.8, 4) is 5.69 Å². The van der Waals surface area contributed by atoms with Crippen molar-refractivity contribution in [2.45, 2.75) is 18.8 Å². The largest absolute Gasteiger partial charge is 0.396 e. The molecule has 0 aliphatic heterocycles. The maximum Gasteiger partial charge on any atom is 0.151 e. The monoisotopic (exact) mass is 235 g/mol. The third-order valence-electron chi connectivity index (χ3n) is 2.94. The van der Waals surface area contributed by atoms with Gasteiger partial charge in [0.1, 0.15) is 11.5 Å². The molecule has 2 aromatic rings. The average Bonchev–Trinajstić information content (AvgIpc) is 3.03. The van der Waals surface area contributed by atoms with Gasteiger partial charge >= 0.3 is 0 Å². The lowest BCUT2D eigenvalue weighted by Gasteiger charge is -2.08. The minimum atomic E-state index is -0.630. The fourth-order valence-electron chi connectivity index (χ4n) is 1.98. The Labute approximate surface area is 96.9 Å². The summed E-state index contributed by atoms with van der Waals surface area (Å²) >= 11 is 0. The molecule has 3 rings (SSSR count). The van der Waals surface area contributed by atoms with Gasteiger partial charge in [0, 0.05) is 12.0 Å². The zero-order valence-electron chi connectivity index (χ0n) is 9.03. The minimum absolute atomic E-state index is 0.241. The summed E-state index contributed by atoms with van der Waals surface area (Å²) in [6, 6.07) is 3.44. The van der Waals surface area contributed by atoms with Gasteiger partial charge in [-0.15, -0.1) is 0 Å². The molecule has 0 bridgehead atoms. The summed E-state index contributed by atoms with van der Waals surface area (Å²) in [7, 11) is 0. The van der Waals surface area contributed by atoms with Crippen LogP contribution in [0.5, 0.6) is 0 Å². The van der Waals surface area contributed by atoms with Crippen molar-refractivity contribution in [3.05, 3.63) is 41.7 Å². The number of hydrogen-bond acceptors (Lipinski definition) is 2. The molecule has 0 radical (unpaired) electrons. The second-order valence-corrected chi connectivity index (χ2v) is 4.27. The molecule has 1 fully saturated rings. The van der Waals surface area contributed by atoms with E-state index in [9.17, 15) is 8.78 Å². The van der Waals surface area contributed by atoms with Crippen molar-refractivity contribution < 1.29 is 8.78 Å². The molecule has 17 heavy (non-hydrogen) atoms. The molecule has 0 atom stereocenters. The van der Waals surface area contributed by atoms with Crippen LogP contribution in [0.3, 0.4) is 0 Å². The SMILES string of the molecule is Nc1cnn(-c2ccc(F)cc2F)c1C1CC1. The van der Waals surface area contributed by atoms with Crippen LogP contribution in [-0.2, 0) is 0 Å². The number of nitrogens with zero attached hydrogens (tertiary/aromatic N) is 2. The third kappa shape index (κ3) is 1.67. The topological polar surface area (TPSA) is 43.8 Å². The molecule has 1 aromatic carbocycles. The number of nitrogen functional groups attached to an aromatic ring is 1. The van der Waals surface area contributed by atoms with Gasteiger partial charge in [-0.1, -0.05) is 0 Å². The Kier molecular flexibility index (Phi) is 2.14. The molecule has 0 saturated heterocycles. The smallest absolute Gasteiger partial charge is 0.151 e. The van der Waals surface area contributed by atoms with Gasteiger partial charge in [0.15, 0.2) is 5.82 Å². The predicted molar refractivity (Wildman–Crippen MR) is 59.9 cm³/mol. The van der Waals surface area contributed by atoms with E-state index in [1.807, 2.05) is 0 Å². The first-order chi connectivity index (χ1) is 8.16. The average molecular weight is 235 g/mol. The number of anilines is 1. The van der Waals surface area contributed by atoms with Gasteiger partial charge in [0.05, 0.1) is 17.6 Å². The molecule has 88 valence electrons. The highest BCUT2D eigenvalue weighted by Gasteiger charge is 2.30. The highest BCUT2D eigenvalue weighted by Crippen LogP contribution is 2.43. The van der Waals surface area contributed by atoms with Crippen LogP contribution in [0.15, 0.2) is 24.4 Å². The summed E-state index contributed by atoms with van der Waals surface area (Å²) in [5, 5.41) is 4.07. The number of aromatic nitrogens is 2. The lowest BCUT2D eigenvalue weighted by Crippen LogP contribution is -2.05. The summed E-state index contributed by atoms with van der Waals surface area (Å²) < 4.78 is 28.0. The summed E-state index contributed by atoms with van der Waals surface area (Å²) in [5.74, 6) is -0.878. The Balaban J connectivity index is 2.14. The van der Waals surface area contributed by atoms with Gasteiger partial charge in [-0.2, -0.15) is 5.10 Å². The van der Waals surface area contributed by atoms with Crippen molar-refractivity contribution in [3.63, 3.8) is 0 Å². The fraction of sp³-hybridized carbons (Fsp3) is 0.250. The van der Waals surface area contributed by atoms with Gasteiger partial charge in [-0.25, -0.2) is 13.5 Å². The third-order valence-corrected chi connectivity index (χ3v) is 2.94. The summed E-state index contributed by atoms with van der Waals surface area (Å²) in [5.41, 5.74) is 7.46. The van der Waals surface area contributed by atoms with Gasteiger partial charge in [-0.3, -0.25) is 0 Å². The maximum atomic E-state index is 13.7. The Bertz CT molecular complexity index is 573. The lowest BCUT2D eigenvalue weighted by molar-refractivity contribution is 0.571. The van der Waals surface area contributed by atoms with E-state index in [0.29, 0.717) is 11.6 Å². The molecule has 1 saturated carbocycles. The first kappa shape index (κ1) is 10.3.